The SMILES string of the molecule is CC[C@@H](C(=O)N(C)Cc1cc(C2CC2)on1)n1cccc1. The van der Waals surface area contributed by atoms with Crippen LogP contribution in [0.15, 0.2) is 35.1 Å². The number of hydrogen-bond donors (Lipinski definition) is 0. The number of amides is 1. The molecular formula is C16H21N3O2. The molecule has 112 valence electrons. The summed E-state index contributed by atoms with van der Waals surface area (Å²) in [6.45, 7) is 2.52. The molecule has 0 unspecified atom stereocenters. The summed E-state index contributed by atoms with van der Waals surface area (Å²) < 4.78 is 7.29. The van der Waals surface area contributed by atoms with Crippen molar-refractivity contribution in [3.63, 3.8) is 0 Å². The molecule has 1 fully saturated rings. The summed E-state index contributed by atoms with van der Waals surface area (Å²) in [7, 11) is 1.82. The third-order valence-corrected chi connectivity index (χ3v) is 3.99. The highest BCUT2D eigenvalue weighted by molar-refractivity contribution is 5.80. The summed E-state index contributed by atoms with van der Waals surface area (Å²) in [5.74, 6) is 1.61. The van der Waals surface area contributed by atoms with Crippen molar-refractivity contribution in [2.45, 2.75) is 44.7 Å². The monoisotopic (exact) mass is 287 g/mol. The average Bonchev–Trinajstić information content (AvgIpc) is 3.00. The maximum Gasteiger partial charge on any atom is 0.245 e. The number of hydrogen-bond acceptors (Lipinski definition) is 3. The van der Waals surface area contributed by atoms with Crippen molar-refractivity contribution in [1.29, 1.82) is 0 Å². The van der Waals surface area contributed by atoms with E-state index in [2.05, 4.69) is 5.16 Å². The summed E-state index contributed by atoms with van der Waals surface area (Å²) >= 11 is 0. The molecule has 2 heterocycles. The highest BCUT2D eigenvalue weighted by atomic mass is 16.5. The molecule has 1 aliphatic rings. The Balaban J connectivity index is 1.65. The van der Waals surface area contributed by atoms with Crippen molar-refractivity contribution < 1.29 is 9.32 Å². The van der Waals surface area contributed by atoms with Crippen LogP contribution in [0, 0.1) is 0 Å². The molecule has 0 aromatic carbocycles. The minimum Gasteiger partial charge on any atom is -0.361 e. The second kappa shape index (κ2) is 5.76. The van der Waals surface area contributed by atoms with E-state index in [0.717, 1.165) is 17.9 Å². The van der Waals surface area contributed by atoms with Gasteiger partial charge in [-0.05, 0) is 31.4 Å². The first-order valence-corrected chi connectivity index (χ1v) is 7.52. The van der Waals surface area contributed by atoms with Crippen molar-refractivity contribution in [2.24, 2.45) is 0 Å². The predicted octanol–water partition coefficient (Wildman–Crippen LogP) is 2.96. The number of nitrogens with zero attached hydrogens (tertiary/aromatic N) is 3. The van der Waals surface area contributed by atoms with Gasteiger partial charge in [0.1, 0.15) is 17.5 Å². The molecular weight excluding hydrogens is 266 g/mol. The summed E-state index contributed by atoms with van der Waals surface area (Å²) in [6.07, 6.45) is 7.01. The van der Waals surface area contributed by atoms with Crippen LogP contribution in [0.1, 0.15) is 49.6 Å². The molecule has 3 rings (SSSR count). The van der Waals surface area contributed by atoms with E-state index < -0.39 is 0 Å². The molecule has 1 amide bonds. The minimum absolute atomic E-state index is 0.102. The van der Waals surface area contributed by atoms with Gasteiger partial charge in [0.25, 0.3) is 0 Å². The maximum absolute atomic E-state index is 12.6. The largest absolute Gasteiger partial charge is 0.361 e. The highest BCUT2D eigenvalue weighted by Crippen LogP contribution is 2.40. The summed E-state index contributed by atoms with van der Waals surface area (Å²) in [4.78, 5) is 14.3. The fourth-order valence-corrected chi connectivity index (χ4v) is 2.61. The predicted molar refractivity (Wildman–Crippen MR) is 78.7 cm³/mol. The molecule has 2 aromatic rings. The molecule has 21 heavy (non-hydrogen) atoms. The Kier molecular flexibility index (Phi) is 3.82. The molecule has 1 aliphatic carbocycles. The van der Waals surface area contributed by atoms with Gasteiger partial charge in [0, 0.05) is 31.4 Å². The van der Waals surface area contributed by atoms with E-state index in [1.165, 1.54) is 12.8 Å². The number of likely N-dealkylation sites (N-methyl/N-ethyl adjacent to an activating group) is 1. The zero-order chi connectivity index (χ0) is 14.8. The Morgan fingerprint density at radius 2 is 2.19 bits per heavy atom. The number of carbonyl (C=O) groups is 1. The average molecular weight is 287 g/mol. The van der Waals surface area contributed by atoms with Gasteiger partial charge >= 0.3 is 0 Å². The van der Waals surface area contributed by atoms with E-state index >= 15 is 0 Å². The molecule has 0 aliphatic heterocycles. The van der Waals surface area contributed by atoms with Crippen molar-refractivity contribution in [3.05, 3.63) is 42.0 Å². The van der Waals surface area contributed by atoms with Crippen LogP contribution in [0.4, 0.5) is 0 Å². The van der Waals surface area contributed by atoms with Crippen LogP contribution in [0.2, 0.25) is 0 Å². The van der Waals surface area contributed by atoms with Gasteiger partial charge in [-0.25, -0.2) is 0 Å². The summed E-state index contributed by atoms with van der Waals surface area (Å²) in [5, 5.41) is 4.07. The van der Waals surface area contributed by atoms with Crippen LogP contribution in [-0.4, -0.2) is 27.6 Å². The standard InChI is InChI=1S/C16H21N3O2/c1-3-14(19-8-4-5-9-19)16(20)18(2)11-13-10-15(21-17-13)12-6-7-12/h4-5,8-10,12,14H,3,6-7,11H2,1-2H3/t14-/m0/s1. The number of rotatable bonds is 6. The second-order valence-corrected chi connectivity index (χ2v) is 5.74. The van der Waals surface area contributed by atoms with E-state index in [-0.39, 0.29) is 11.9 Å². The topological polar surface area (TPSA) is 51.3 Å². The molecule has 0 spiro atoms. The minimum atomic E-state index is -0.153. The van der Waals surface area contributed by atoms with Crippen LogP contribution in [0.3, 0.4) is 0 Å². The van der Waals surface area contributed by atoms with E-state index in [1.807, 2.05) is 49.1 Å². The van der Waals surface area contributed by atoms with Crippen LogP contribution >= 0.6 is 0 Å². The molecule has 0 saturated heterocycles. The molecule has 0 bridgehead atoms. The van der Waals surface area contributed by atoms with Gasteiger partial charge in [0.05, 0.1) is 6.54 Å². The lowest BCUT2D eigenvalue weighted by atomic mass is 10.2. The second-order valence-electron chi connectivity index (χ2n) is 5.74. The fraction of sp³-hybridized carbons (Fsp3) is 0.500. The van der Waals surface area contributed by atoms with E-state index in [4.69, 9.17) is 4.52 Å². The number of carbonyl (C=O) groups excluding carboxylic acids is 1. The van der Waals surface area contributed by atoms with Crippen LogP contribution in [-0.2, 0) is 11.3 Å². The van der Waals surface area contributed by atoms with E-state index in [9.17, 15) is 4.79 Å². The lowest BCUT2D eigenvalue weighted by Crippen LogP contribution is -2.33. The highest BCUT2D eigenvalue weighted by Gasteiger charge is 2.28. The molecule has 2 aromatic heterocycles. The zero-order valence-electron chi connectivity index (χ0n) is 12.5. The van der Waals surface area contributed by atoms with Crippen molar-refractivity contribution in [1.82, 2.24) is 14.6 Å². The molecule has 5 heteroatoms. The Labute approximate surface area is 124 Å². The van der Waals surface area contributed by atoms with Gasteiger partial charge in [-0.15, -0.1) is 0 Å². The third kappa shape index (κ3) is 3.01. The molecule has 0 N–H and O–H groups in total. The van der Waals surface area contributed by atoms with Crippen molar-refractivity contribution >= 4 is 5.91 Å². The van der Waals surface area contributed by atoms with Crippen LogP contribution in [0.25, 0.3) is 0 Å². The van der Waals surface area contributed by atoms with Crippen molar-refractivity contribution in [3.8, 4) is 0 Å². The fourth-order valence-electron chi connectivity index (χ4n) is 2.61. The molecule has 1 saturated carbocycles. The Morgan fingerprint density at radius 3 is 2.81 bits per heavy atom. The third-order valence-electron chi connectivity index (χ3n) is 3.99. The first-order valence-electron chi connectivity index (χ1n) is 7.52. The summed E-state index contributed by atoms with van der Waals surface area (Å²) in [5.41, 5.74) is 0.829. The quantitative estimate of drug-likeness (QED) is 0.820. The molecule has 5 nitrogen and oxygen atoms in total. The zero-order valence-corrected chi connectivity index (χ0v) is 12.5. The lowest BCUT2D eigenvalue weighted by molar-refractivity contribution is -0.134. The van der Waals surface area contributed by atoms with Gasteiger partial charge in [0.15, 0.2) is 0 Å². The van der Waals surface area contributed by atoms with Gasteiger partial charge < -0.3 is 14.0 Å². The van der Waals surface area contributed by atoms with Crippen LogP contribution < -0.4 is 0 Å². The van der Waals surface area contributed by atoms with Gasteiger partial charge in [-0.3, -0.25) is 4.79 Å². The normalized spacial score (nSPS) is 15.9. The van der Waals surface area contributed by atoms with E-state index in [1.54, 1.807) is 4.90 Å². The first-order chi connectivity index (χ1) is 10.2. The smallest absolute Gasteiger partial charge is 0.245 e. The van der Waals surface area contributed by atoms with Gasteiger partial charge in [-0.2, -0.15) is 0 Å². The molecule has 0 radical (unpaired) electrons. The molecule has 1 atom stereocenters. The van der Waals surface area contributed by atoms with Crippen molar-refractivity contribution in [2.75, 3.05) is 7.05 Å². The summed E-state index contributed by atoms with van der Waals surface area (Å²) in [6, 6.07) is 5.71. The maximum atomic E-state index is 12.6. The Hall–Kier alpha value is -2.04. The Morgan fingerprint density at radius 1 is 1.48 bits per heavy atom. The Bertz CT molecular complexity index is 599. The lowest BCUT2D eigenvalue weighted by Gasteiger charge is -2.23. The first kappa shape index (κ1) is 13.9. The van der Waals surface area contributed by atoms with Crippen LogP contribution in [0.5, 0.6) is 0 Å². The van der Waals surface area contributed by atoms with Gasteiger partial charge in [0.2, 0.25) is 5.91 Å². The number of aromatic nitrogens is 2. The van der Waals surface area contributed by atoms with Gasteiger partial charge in [-0.1, -0.05) is 12.1 Å². The van der Waals surface area contributed by atoms with E-state index in [0.29, 0.717) is 12.5 Å².